The monoisotopic (exact) mass is 346 g/mol. The van der Waals surface area contributed by atoms with Crippen LogP contribution in [0, 0.1) is 0 Å². The van der Waals surface area contributed by atoms with Gasteiger partial charge in [-0.15, -0.1) is 0 Å². The van der Waals surface area contributed by atoms with Crippen LogP contribution >= 0.6 is 0 Å². The number of nitrogens with one attached hydrogen (secondary N) is 1. The second-order valence-electron chi connectivity index (χ2n) is 5.55. The molecule has 0 fully saturated rings. The molecule has 1 N–H and O–H groups in total. The van der Waals surface area contributed by atoms with Gasteiger partial charge < -0.3 is 10.1 Å². The smallest absolute Gasteiger partial charge is 0.243 e. The van der Waals surface area contributed by atoms with Crippen molar-refractivity contribution in [3.8, 4) is 5.75 Å². The molecule has 6 nitrogen and oxygen atoms in total. The lowest BCUT2D eigenvalue weighted by molar-refractivity contribution is -0.116. The van der Waals surface area contributed by atoms with Gasteiger partial charge in [-0.1, -0.05) is 30.3 Å². The summed E-state index contributed by atoms with van der Waals surface area (Å²) in [5.74, 6) is 0.284. The summed E-state index contributed by atoms with van der Waals surface area (Å²) in [5.41, 5.74) is 1.28. The molecule has 0 aliphatic carbocycles. The first-order valence-electron chi connectivity index (χ1n) is 7.54. The van der Waals surface area contributed by atoms with Crippen molar-refractivity contribution in [3.05, 3.63) is 54.1 Å². The zero-order valence-corrected chi connectivity index (χ0v) is 14.0. The predicted octanol–water partition coefficient (Wildman–Crippen LogP) is 2.23. The fourth-order valence-electron chi connectivity index (χ4n) is 2.46. The van der Waals surface area contributed by atoms with E-state index >= 15 is 0 Å². The standard InChI is InChI=1S/C17H18N2O4S/c1-19(12-13-5-3-2-4-6-13)24(21,22)14-7-8-16-15(11-14)18-17(20)9-10-23-16/h2-8,11H,9-10,12H2,1H3,(H,18,20). The average Bonchev–Trinajstić information content (AvgIpc) is 2.75. The molecule has 2 aromatic carbocycles. The maximum absolute atomic E-state index is 12.8. The van der Waals surface area contributed by atoms with Crippen molar-refractivity contribution in [2.24, 2.45) is 0 Å². The Balaban J connectivity index is 1.88. The molecule has 0 radical (unpaired) electrons. The first kappa shape index (κ1) is 16.5. The molecule has 0 spiro atoms. The van der Waals surface area contributed by atoms with Gasteiger partial charge in [0.25, 0.3) is 0 Å². The molecule has 1 heterocycles. The Morgan fingerprint density at radius 3 is 2.67 bits per heavy atom. The van der Waals surface area contributed by atoms with E-state index in [1.165, 1.54) is 23.5 Å². The quantitative estimate of drug-likeness (QED) is 0.921. The zero-order chi connectivity index (χ0) is 17.2. The van der Waals surface area contributed by atoms with Crippen molar-refractivity contribution >= 4 is 21.6 Å². The molecule has 1 aliphatic heterocycles. The van der Waals surface area contributed by atoms with Crippen molar-refractivity contribution in [1.29, 1.82) is 0 Å². The summed E-state index contributed by atoms with van der Waals surface area (Å²) in [6, 6.07) is 13.9. The number of rotatable bonds is 4. The minimum Gasteiger partial charge on any atom is -0.491 e. The molecule has 3 rings (SSSR count). The first-order chi connectivity index (χ1) is 11.5. The van der Waals surface area contributed by atoms with E-state index in [9.17, 15) is 13.2 Å². The molecular weight excluding hydrogens is 328 g/mol. The normalized spacial score (nSPS) is 14.5. The van der Waals surface area contributed by atoms with Gasteiger partial charge in [-0.2, -0.15) is 4.31 Å². The summed E-state index contributed by atoms with van der Waals surface area (Å²) < 4.78 is 32.3. The van der Waals surface area contributed by atoms with Crippen LogP contribution in [0.2, 0.25) is 0 Å². The SMILES string of the molecule is CN(Cc1ccccc1)S(=O)(=O)c1ccc2c(c1)NC(=O)CCO2. The molecule has 1 amide bonds. The van der Waals surface area contributed by atoms with E-state index in [0.29, 0.717) is 11.4 Å². The third kappa shape index (κ3) is 3.42. The zero-order valence-electron chi connectivity index (χ0n) is 13.2. The van der Waals surface area contributed by atoms with Crippen LogP contribution < -0.4 is 10.1 Å². The van der Waals surface area contributed by atoms with Crippen molar-refractivity contribution in [3.63, 3.8) is 0 Å². The van der Waals surface area contributed by atoms with Gasteiger partial charge in [-0.3, -0.25) is 4.79 Å². The molecule has 0 unspecified atom stereocenters. The molecule has 0 atom stereocenters. The van der Waals surface area contributed by atoms with Crippen LogP contribution in [0.4, 0.5) is 5.69 Å². The molecule has 0 bridgehead atoms. The highest BCUT2D eigenvalue weighted by Gasteiger charge is 2.23. The number of carbonyl (C=O) groups is 1. The molecule has 2 aromatic rings. The molecule has 24 heavy (non-hydrogen) atoms. The van der Waals surface area contributed by atoms with E-state index in [1.54, 1.807) is 6.07 Å². The van der Waals surface area contributed by atoms with Crippen molar-refractivity contribution in [2.45, 2.75) is 17.9 Å². The van der Waals surface area contributed by atoms with E-state index in [1.807, 2.05) is 30.3 Å². The highest BCUT2D eigenvalue weighted by atomic mass is 32.2. The molecule has 0 aromatic heterocycles. The minimum absolute atomic E-state index is 0.116. The van der Waals surface area contributed by atoms with E-state index in [2.05, 4.69) is 5.32 Å². The molecule has 0 saturated heterocycles. The number of ether oxygens (including phenoxy) is 1. The van der Waals surface area contributed by atoms with Crippen LogP contribution in [-0.4, -0.2) is 32.3 Å². The van der Waals surface area contributed by atoms with Crippen LogP contribution in [-0.2, 0) is 21.4 Å². The Hall–Kier alpha value is -2.38. The largest absolute Gasteiger partial charge is 0.491 e. The molecule has 7 heteroatoms. The lowest BCUT2D eigenvalue weighted by Gasteiger charge is -2.18. The molecule has 0 saturated carbocycles. The van der Waals surface area contributed by atoms with E-state index < -0.39 is 10.0 Å². The fraction of sp³-hybridized carbons (Fsp3) is 0.235. The molecule has 1 aliphatic rings. The van der Waals surface area contributed by atoms with Crippen LogP contribution in [0.3, 0.4) is 0 Å². The van der Waals surface area contributed by atoms with Crippen molar-refractivity contribution in [2.75, 3.05) is 19.0 Å². The van der Waals surface area contributed by atoms with Crippen LogP contribution in [0.1, 0.15) is 12.0 Å². The van der Waals surface area contributed by atoms with Gasteiger partial charge in [0.2, 0.25) is 15.9 Å². The van der Waals surface area contributed by atoms with Gasteiger partial charge in [0, 0.05) is 13.6 Å². The predicted molar refractivity (Wildman–Crippen MR) is 90.3 cm³/mol. The third-order valence-electron chi connectivity index (χ3n) is 3.77. The number of anilines is 1. The Bertz CT molecular complexity index is 850. The third-order valence-corrected chi connectivity index (χ3v) is 5.57. The summed E-state index contributed by atoms with van der Waals surface area (Å²) in [7, 11) is -2.14. The Morgan fingerprint density at radius 2 is 1.92 bits per heavy atom. The lowest BCUT2D eigenvalue weighted by atomic mass is 10.2. The second kappa shape index (κ2) is 6.62. The summed E-state index contributed by atoms with van der Waals surface area (Å²) in [6.07, 6.45) is 0.241. The van der Waals surface area contributed by atoms with Gasteiger partial charge in [-0.25, -0.2) is 8.42 Å². The number of hydrogen-bond donors (Lipinski definition) is 1. The number of sulfonamides is 1. The fourth-order valence-corrected chi connectivity index (χ4v) is 3.65. The van der Waals surface area contributed by atoms with E-state index in [4.69, 9.17) is 4.74 Å². The molecule has 126 valence electrons. The van der Waals surface area contributed by atoms with Gasteiger partial charge in [0.15, 0.2) is 0 Å². The van der Waals surface area contributed by atoms with Gasteiger partial charge >= 0.3 is 0 Å². The first-order valence-corrected chi connectivity index (χ1v) is 8.98. The number of hydrogen-bond acceptors (Lipinski definition) is 4. The summed E-state index contributed by atoms with van der Waals surface area (Å²) in [5, 5.41) is 2.68. The Kier molecular flexibility index (Phi) is 4.55. The Morgan fingerprint density at radius 1 is 1.17 bits per heavy atom. The van der Waals surface area contributed by atoms with Gasteiger partial charge in [-0.05, 0) is 23.8 Å². The summed E-state index contributed by atoms with van der Waals surface area (Å²) in [4.78, 5) is 11.7. The topological polar surface area (TPSA) is 75.7 Å². The highest BCUT2D eigenvalue weighted by Crippen LogP contribution is 2.30. The maximum Gasteiger partial charge on any atom is 0.243 e. The Labute approximate surface area is 141 Å². The highest BCUT2D eigenvalue weighted by molar-refractivity contribution is 7.89. The number of fused-ring (bicyclic) bond motifs is 1. The number of nitrogens with zero attached hydrogens (tertiary/aromatic N) is 1. The van der Waals surface area contributed by atoms with Gasteiger partial charge in [0.1, 0.15) is 5.75 Å². The van der Waals surface area contributed by atoms with Crippen LogP contribution in [0.25, 0.3) is 0 Å². The second-order valence-corrected chi connectivity index (χ2v) is 7.60. The number of benzene rings is 2. The van der Waals surface area contributed by atoms with Crippen molar-refractivity contribution < 1.29 is 17.9 Å². The van der Waals surface area contributed by atoms with E-state index in [0.717, 1.165) is 5.56 Å². The minimum atomic E-state index is -3.67. The number of carbonyl (C=O) groups excluding carboxylic acids is 1. The lowest BCUT2D eigenvalue weighted by Crippen LogP contribution is -2.26. The maximum atomic E-state index is 12.8. The number of amides is 1. The summed E-state index contributed by atoms with van der Waals surface area (Å²) >= 11 is 0. The van der Waals surface area contributed by atoms with Crippen LogP contribution in [0.15, 0.2) is 53.4 Å². The van der Waals surface area contributed by atoms with E-state index in [-0.39, 0.29) is 30.4 Å². The average molecular weight is 346 g/mol. The van der Waals surface area contributed by atoms with Crippen molar-refractivity contribution in [1.82, 2.24) is 4.31 Å². The van der Waals surface area contributed by atoms with Gasteiger partial charge in [0.05, 0.1) is 23.6 Å². The molecular formula is C17H18N2O4S. The van der Waals surface area contributed by atoms with Crippen LogP contribution in [0.5, 0.6) is 5.75 Å². The summed E-state index contributed by atoms with van der Waals surface area (Å²) in [6.45, 7) is 0.544.